The number of nitrogens with zero attached hydrogens (tertiary/aromatic N) is 1. The van der Waals surface area contributed by atoms with Gasteiger partial charge in [0.15, 0.2) is 0 Å². The van der Waals surface area contributed by atoms with Gasteiger partial charge in [0, 0.05) is 29.9 Å². The highest BCUT2D eigenvalue weighted by Gasteiger charge is 2.38. The lowest BCUT2D eigenvalue weighted by Crippen LogP contribution is -2.48. The first-order chi connectivity index (χ1) is 13.2. The maximum atomic E-state index is 12.2. The topological polar surface area (TPSA) is 38.8 Å². The Kier molecular flexibility index (Phi) is 16.3. The van der Waals surface area contributed by atoms with Gasteiger partial charge in [-0.3, -0.25) is 0 Å². The summed E-state index contributed by atoms with van der Waals surface area (Å²) in [5.41, 5.74) is -0.458. The van der Waals surface area contributed by atoms with Gasteiger partial charge in [-0.25, -0.2) is 4.79 Å². The lowest BCUT2D eigenvalue weighted by atomic mass is 9.97. The van der Waals surface area contributed by atoms with Gasteiger partial charge in [0.2, 0.25) is 0 Å². The number of carbonyl (C=O) groups excluding carboxylic acids is 1. The maximum absolute atomic E-state index is 12.2. The van der Waals surface area contributed by atoms with Crippen molar-refractivity contribution in [1.29, 1.82) is 0 Å². The quantitative estimate of drug-likeness (QED) is 0.447. The van der Waals surface area contributed by atoms with Crippen LogP contribution in [0.4, 0.5) is 4.79 Å². The van der Waals surface area contributed by atoms with Crippen molar-refractivity contribution in [3.63, 3.8) is 0 Å². The standard InChI is InChI=1S/C19H31NO3S.2C2H6/c1-7-9-10-16(8-2)24-19(15-22-6)11-13-20(14-12-19)17(21)23-18(3,4)5;2*1-2/h7-10H,1,11-15H2,2-6H3;2*1-2H3/b10-9-,16-8+;;. The number of rotatable bonds is 6. The average Bonchev–Trinajstić information content (AvgIpc) is 2.67. The molecule has 0 unspecified atom stereocenters. The summed E-state index contributed by atoms with van der Waals surface area (Å²) >= 11 is 1.83. The fourth-order valence-electron chi connectivity index (χ4n) is 2.56. The molecule has 164 valence electrons. The SMILES string of the molecule is C=C/C=C\C(=C/C)SC1(COC)CCN(C(=O)OC(C)(C)C)CC1.CC.CC. The highest BCUT2D eigenvalue weighted by molar-refractivity contribution is 8.04. The molecule has 0 aliphatic carbocycles. The third-order valence-corrected chi connectivity index (χ3v) is 5.32. The van der Waals surface area contributed by atoms with Gasteiger partial charge >= 0.3 is 6.09 Å². The number of allylic oxidation sites excluding steroid dienone is 4. The van der Waals surface area contributed by atoms with E-state index in [0.717, 1.165) is 12.8 Å². The zero-order chi connectivity index (χ0) is 22.2. The van der Waals surface area contributed by atoms with E-state index in [4.69, 9.17) is 9.47 Å². The van der Waals surface area contributed by atoms with Crippen molar-refractivity contribution < 1.29 is 14.3 Å². The molecule has 0 aromatic heterocycles. The van der Waals surface area contributed by atoms with Gasteiger partial charge < -0.3 is 14.4 Å². The van der Waals surface area contributed by atoms with E-state index in [1.807, 2.05) is 73.2 Å². The van der Waals surface area contributed by atoms with E-state index >= 15 is 0 Å². The summed E-state index contributed by atoms with van der Waals surface area (Å²) in [5, 5.41) is 0. The van der Waals surface area contributed by atoms with Gasteiger partial charge in [0.25, 0.3) is 0 Å². The van der Waals surface area contributed by atoms with Gasteiger partial charge in [-0.2, -0.15) is 0 Å². The van der Waals surface area contributed by atoms with E-state index in [9.17, 15) is 4.79 Å². The highest BCUT2D eigenvalue weighted by Crippen LogP contribution is 2.41. The molecule has 0 radical (unpaired) electrons. The number of amides is 1. The largest absolute Gasteiger partial charge is 0.444 e. The van der Waals surface area contributed by atoms with Gasteiger partial charge in [-0.15, -0.1) is 11.8 Å². The molecule has 0 aromatic rings. The molecule has 4 nitrogen and oxygen atoms in total. The Morgan fingerprint density at radius 2 is 1.71 bits per heavy atom. The fraction of sp³-hybridized carbons (Fsp3) is 0.696. The number of hydrogen-bond acceptors (Lipinski definition) is 4. The molecular formula is C23H43NO3S. The Balaban J connectivity index is 0. The molecule has 1 aliphatic rings. The van der Waals surface area contributed by atoms with Gasteiger partial charge in [0.1, 0.15) is 5.60 Å². The van der Waals surface area contributed by atoms with Crippen LogP contribution < -0.4 is 0 Å². The van der Waals surface area contributed by atoms with Crippen LogP contribution in [0.3, 0.4) is 0 Å². The average molecular weight is 414 g/mol. The van der Waals surface area contributed by atoms with E-state index < -0.39 is 5.60 Å². The first-order valence-corrected chi connectivity index (χ1v) is 11.2. The van der Waals surface area contributed by atoms with Crippen molar-refractivity contribution in [3.05, 3.63) is 35.8 Å². The molecule has 0 spiro atoms. The van der Waals surface area contributed by atoms with Gasteiger partial charge in [0.05, 0.1) is 6.61 Å². The second-order valence-corrected chi connectivity index (χ2v) is 8.51. The smallest absolute Gasteiger partial charge is 0.410 e. The predicted octanol–water partition coefficient (Wildman–Crippen LogP) is 6.83. The van der Waals surface area contributed by atoms with Crippen molar-refractivity contribution in [3.8, 4) is 0 Å². The number of hydrogen-bond donors (Lipinski definition) is 0. The van der Waals surface area contributed by atoms with E-state index in [0.29, 0.717) is 19.7 Å². The number of likely N-dealkylation sites (tertiary alicyclic amines) is 1. The third kappa shape index (κ3) is 11.6. The molecule has 1 saturated heterocycles. The Labute approximate surface area is 178 Å². The second-order valence-electron chi connectivity index (χ2n) is 6.97. The number of thioether (sulfide) groups is 1. The molecular weight excluding hydrogens is 370 g/mol. The fourth-order valence-corrected chi connectivity index (χ4v) is 3.89. The molecule has 0 aromatic carbocycles. The molecule has 0 bridgehead atoms. The lowest BCUT2D eigenvalue weighted by molar-refractivity contribution is 0.0169. The Bertz CT molecular complexity index is 485. The third-order valence-electron chi connectivity index (χ3n) is 3.75. The minimum absolute atomic E-state index is 0.0133. The van der Waals surface area contributed by atoms with E-state index in [1.54, 1.807) is 18.1 Å². The van der Waals surface area contributed by atoms with Crippen LogP contribution in [0.2, 0.25) is 0 Å². The van der Waals surface area contributed by atoms with E-state index in [-0.39, 0.29) is 10.8 Å². The summed E-state index contributed by atoms with van der Waals surface area (Å²) in [5.74, 6) is 0. The first kappa shape index (κ1) is 29.0. The lowest BCUT2D eigenvalue weighted by Gasteiger charge is -2.41. The van der Waals surface area contributed by atoms with Crippen molar-refractivity contribution in [2.45, 2.75) is 78.6 Å². The molecule has 1 amide bonds. The normalized spacial score (nSPS) is 16.5. The van der Waals surface area contributed by atoms with Crippen LogP contribution in [0.25, 0.3) is 0 Å². The van der Waals surface area contributed by atoms with Crippen LogP contribution in [0.1, 0.15) is 68.2 Å². The van der Waals surface area contributed by atoms with Crippen LogP contribution in [0.5, 0.6) is 0 Å². The molecule has 1 rings (SSSR count). The van der Waals surface area contributed by atoms with Crippen LogP contribution in [0.15, 0.2) is 35.8 Å². The van der Waals surface area contributed by atoms with Crippen LogP contribution in [-0.4, -0.2) is 48.1 Å². The van der Waals surface area contributed by atoms with Crippen molar-refractivity contribution in [2.24, 2.45) is 0 Å². The van der Waals surface area contributed by atoms with Crippen LogP contribution in [0, 0.1) is 0 Å². The monoisotopic (exact) mass is 413 g/mol. The molecule has 5 heteroatoms. The van der Waals surface area contributed by atoms with E-state index in [2.05, 4.69) is 18.7 Å². The first-order valence-electron chi connectivity index (χ1n) is 10.4. The van der Waals surface area contributed by atoms with Crippen molar-refractivity contribution >= 4 is 17.9 Å². The van der Waals surface area contributed by atoms with Crippen molar-refractivity contribution in [1.82, 2.24) is 4.90 Å². The molecule has 0 saturated carbocycles. The second kappa shape index (κ2) is 15.7. The van der Waals surface area contributed by atoms with Crippen LogP contribution in [-0.2, 0) is 9.47 Å². The zero-order valence-electron chi connectivity index (χ0n) is 19.6. The molecule has 1 fully saturated rings. The summed E-state index contributed by atoms with van der Waals surface area (Å²) in [6.45, 7) is 21.5. The summed E-state index contributed by atoms with van der Waals surface area (Å²) < 4.78 is 10.9. The predicted molar refractivity (Wildman–Crippen MR) is 125 cm³/mol. The molecule has 0 atom stereocenters. The molecule has 0 N–H and O–H groups in total. The molecule has 1 heterocycles. The number of methoxy groups -OCH3 is 1. The summed E-state index contributed by atoms with van der Waals surface area (Å²) in [4.78, 5) is 15.2. The zero-order valence-corrected chi connectivity index (χ0v) is 20.4. The maximum Gasteiger partial charge on any atom is 0.410 e. The van der Waals surface area contributed by atoms with E-state index in [1.165, 1.54) is 4.91 Å². The van der Waals surface area contributed by atoms with Gasteiger partial charge in [-0.1, -0.05) is 52.5 Å². The summed E-state index contributed by atoms with van der Waals surface area (Å²) in [6.07, 6.45) is 9.42. The molecule has 28 heavy (non-hydrogen) atoms. The summed E-state index contributed by atoms with van der Waals surface area (Å²) in [6, 6.07) is 0. The summed E-state index contributed by atoms with van der Waals surface area (Å²) in [7, 11) is 1.73. The number of carbonyl (C=O) groups is 1. The highest BCUT2D eigenvalue weighted by atomic mass is 32.2. The number of ether oxygens (including phenoxy) is 2. The minimum atomic E-state index is -0.458. The Morgan fingerprint density at radius 3 is 2.11 bits per heavy atom. The van der Waals surface area contributed by atoms with Crippen molar-refractivity contribution in [2.75, 3.05) is 26.8 Å². The Hall–Kier alpha value is -1.20. The van der Waals surface area contributed by atoms with Crippen LogP contribution >= 0.6 is 11.8 Å². The number of piperidine rings is 1. The van der Waals surface area contributed by atoms with Gasteiger partial charge in [-0.05, 0) is 46.6 Å². The Morgan fingerprint density at radius 1 is 1.18 bits per heavy atom. The molecule has 1 aliphatic heterocycles. The minimum Gasteiger partial charge on any atom is -0.444 e.